The first kappa shape index (κ1) is 18.4. The molecule has 0 aliphatic carbocycles. The zero-order valence-electron chi connectivity index (χ0n) is 13.3. The lowest BCUT2D eigenvalue weighted by molar-refractivity contribution is -0.150. The molecule has 0 bridgehead atoms. The predicted molar refractivity (Wildman–Crippen MR) is 78.2 cm³/mol. The van der Waals surface area contributed by atoms with Gasteiger partial charge in [0.15, 0.2) is 0 Å². The van der Waals surface area contributed by atoms with Gasteiger partial charge in [-0.15, -0.1) is 0 Å². The van der Waals surface area contributed by atoms with E-state index in [1.165, 1.54) is 6.42 Å². The Morgan fingerprint density at radius 1 is 1.26 bits per heavy atom. The summed E-state index contributed by atoms with van der Waals surface area (Å²) in [4.78, 5) is 11.8. The molecule has 1 N–H and O–H groups in total. The molecule has 1 atom stereocenters. The van der Waals surface area contributed by atoms with E-state index in [1.54, 1.807) is 7.05 Å². The molecule has 0 rings (SSSR count). The first-order chi connectivity index (χ1) is 8.96. The number of carbonyl (C=O) groups is 1. The van der Waals surface area contributed by atoms with Crippen LogP contribution in [0.25, 0.3) is 0 Å². The van der Waals surface area contributed by atoms with Crippen LogP contribution in [0.4, 0.5) is 0 Å². The van der Waals surface area contributed by atoms with Crippen molar-refractivity contribution in [1.82, 2.24) is 5.32 Å². The quantitative estimate of drug-likeness (QED) is 0.464. The highest BCUT2D eigenvalue weighted by Gasteiger charge is 2.32. The fourth-order valence-corrected chi connectivity index (χ4v) is 1.84. The van der Waals surface area contributed by atoms with E-state index < -0.39 is 5.54 Å². The lowest BCUT2D eigenvalue weighted by Crippen LogP contribution is -2.48. The summed E-state index contributed by atoms with van der Waals surface area (Å²) in [6.45, 7) is 10.1. The molecule has 1 unspecified atom stereocenters. The standard InChI is InChI=1S/C15H31NO3/c1-6-19-14(17)15(4,16-5)10-8-12-18-11-7-9-13(2)3/h13,16H,6-12H2,1-5H3. The third-order valence-electron chi connectivity index (χ3n) is 3.31. The fraction of sp³-hybridized carbons (Fsp3) is 0.933. The van der Waals surface area contributed by atoms with Gasteiger partial charge in [0, 0.05) is 13.2 Å². The molecular formula is C15H31NO3. The van der Waals surface area contributed by atoms with Crippen LogP contribution in [0.1, 0.15) is 53.4 Å². The van der Waals surface area contributed by atoms with Crippen molar-refractivity contribution in [3.8, 4) is 0 Å². The van der Waals surface area contributed by atoms with E-state index >= 15 is 0 Å². The van der Waals surface area contributed by atoms with E-state index in [1.807, 2.05) is 13.8 Å². The lowest BCUT2D eigenvalue weighted by Gasteiger charge is -2.26. The molecule has 19 heavy (non-hydrogen) atoms. The van der Waals surface area contributed by atoms with Gasteiger partial charge in [-0.25, -0.2) is 0 Å². The summed E-state index contributed by atoms with van der Waals surface area (Å²) >= 11 is 0. The number of likely N-dealkylation sites (N-methyl/N-ethyl adjacent to an activating group) is 1. The van der Waals surface area contributed by atoms with E-state index in [2.05, 4.69) is 19.2 Å². The summed E-state index contributed by atoms with van der Waals surface area (Å²) in [7, 11) is 1.79. The number of ether oxygens (including phenoxy) is 2. The number of nitrogens with one attached hydrogen (secondary N) is 1. The maximum absolute atomic E-state index is 11.8. The maximum atomic E-state index is 11.8. The smallest absolute Gasteiger partial charge is 0.326 e. The van der Waals surface area contributed by atoms with E-state index in [0.29, 0.717) is 13.2 Å². The normalized spacial score (nSPS) is 14.4. The van der Waals surface area contributed by atoms with Crippen LogP contribution in [0, 0.1) is 5.92 Å². The molecule has 0 aliphatic rings. The highest BCUT2D eigenvalue weighted by molar-refractivity contribution is 5.80. The van der Waals surface area contributed by atoms with Gasteiger partial charge in [-0.3, -0.25) is 4.79 Å². The molecule has 0 saturated carbocycles. The van der Waals surface area contributed by atoms with Gasteiger partial charge in [0.2, 0.25) is 0 Å². The van der Waals surface area contributed by atoms with Gasteiger partial charge in [0.05, 0.1) is 6.61 Å². The minimum Gasteiger partial charge on any atom is -0.465 e. The van der Waals surface area contributed by atoms with E-state index in [4.69, 9.17) is 9.47 Å². The van der Waals surface area contributed by atoms with Crippen molar-refractivity contribution in [3.05, 3.63) is 0 Å². The average Bonchev–Trinajstić information content (AvgIpc) is 2.37. The summed E-state index contributed by atoms with van der Waals surface area (Å²) in [5.41, 5.74) is -0.600. The Morgan fingerprint density at radius 2 is 1.89 bits per heavy atom. The summed E-state index contributed by atoms with van der Waals surface area (Å²) in [5, 5.41) is 3.05. The van der Waals surface area contributed by atoms with E-state index in [0.717, 1.165) is 31.8 Å². The van der Waals surface area contributed by atoms with Gasteiger partial charge in [0.1, 0.15) is 5.54 Å². The topological polar surface area (TPSA) is 47.6 Å². The van der Waals surface area contributed by atoms with Crippen LogP contribution < -0.4 is 5.32 Å². The second kappa shape index (κ2) is 10.2. The SMILES string of the molecule is CCOC(=O)C(C)(CCCOCCCC(C)C)NC. The monoisotopic (exact) mass is 273 g/mol. The van der Waals surface area contributed by atoms with Crippen molar-refractivity contribution in [2.45, 2.75) is 58.9 Å². The van der Waals surface area contributed by atoms with Crippen molar-refractivity contribution in [1.29, 1.82) is 0 Å². The number of esters is 1. The third kappa shape index (κ3) is 8.22. The van der Waals surface area contributed by atoms with Crippen LogP contribution in [-0.2, 0) is 14.3 Å². The number of rotatable bonds is 11. The molecule has 114 valence electrons. The van der Waals surface area contributed by atoms with Crippen LogP contribution in [0.5, 0.6) is 0 Å². The van der Waals surface area contributed by atoms with Gasteiger partial charge in [-0.1, -0.05) is 13.8 Å². The lowest BCUT2D eigenvalue weighted by atomic mass is 9.96. The van der Waals surface area contributed by atoms with Crippen molar-refractivity contribution in [2.24, 2.45) is 5.92 Å². The largest absolute Gasteiger partial charge is 0.465 e. The molecule has 4 heteroatoms. The molecule has 0 fully saturated rings. The highest BCUT2D eigenvalue weighted by atomic mass is 16.5. The minimum absolute atomic E-state index is 0.183. The van der Waals surface area contributed by atoms with Crippen LogP contribution in [0.3, 0.4) is 0 Å². The van der Waals surface area contributed by atoms with Gasteiger partial charge in [-0.2, -0.15) is 0 Å². The molecule has 0 aromatic carbocycles. The van der Waals surface area contributed by atoms with Gasteiger partial charge >= 0.3 is 5.97 Å². The molecule has 0 aromatic heterocycles. The van der Waals surface area contributed by atoms with Crippen LogP contribution in [0.2, 0.25) is 0 Å². The number of hydrogen-bond donors (Lipinski definition) is 1. The summed E-state index contributed by atoms with van der Waals surface area (Å²) in [5.74, 6) is 0.553. The Hall–Kier alpha value is -0.610. The molecular weight excluding hydrogens is 242 g/mol. The van der Waals surface area contributed by atoms with Gasteiger partial charge in [-0.05, 0) is 52.5 Å². The molecule has 4 nitrogen and oxygen atoms in total. The molecule has 0 saturated heterocycles. The van der Waals surface area contributed by atoms with Crippen LogP contribution in [-0.4, -0.2) is 38.4 Å². The molecule has 0 aromatic rings. The highest BCUT2D eigenvalue weighted by Crippen LogP contribution is 2.14. The Balaban J connectivity index is 3.75. The second-order valence-electron chi connectivity index (χ2n) is 5.55. The van der Waals surface area contributed by atoms with Crippen LogP contribution >= 0.6 is 0 Å². The fourth-order valence-electron chi connectivity index (χ4n) is 1.84. The van der Waals surface area contributed by atoms with Gasteiger partial charge in [0.25, 0.3) is 0 Å². The molecule has 0 aliphatic heterocycles. The van der Waals surface area contributed by atoms with Crippen molar-refractivity contribution in [2.75, 3.05) is 26.9 Å². The van der Waals surface area contributed by atoms with Crippen molar-refractivity contribution in [3.63, 3.8) is 0 Å². The molecule has 0 amide bonds. The Bertz CT molecular complexity index is 244. The Labute approximate surface area is 118 Å². The average molecular weight is 273 g/mol. The summed E-state index contributed by atoms with van der Waals surface area (Å²) < 4.78 is 10.7. The summed E-state index contributed by atoms with van der Waals surface area (Å²) in [6.07, 6.45) is 3.90. The molecule has 0 heterocycles. The Kier molecular flexibility index (Phi) is 9.88. The maximum Gasteiger partial charge on any atom is 0.326 e. The first-order valence-electron chi connectivity index (χ1n) is 7.40. The number of hydrogen-bond acceptors (Lipinski definition) is 4. The second-order valence-corrected chi connectivity index (χ2v) is 5.55. The zero-order valence-corrected chi connectivity index (χ0v) is 13.3. The number of carbonyl (C=O) groups excluding carboxylic acids is 1. The molecule has 0 spiro atoms. The summed E-state index contributed by atoms with van der Waals surface area (Å²) in [6, 6.07) is 0. The zero-order chi connectivity index (χ0) is 14.7. The van der Waals surface area contributed by atoms with Gasteiger partial charge < -0.3 is 14.8 Å². The third-order valence-corrected chi connectivity index (χ3v) is 3.31. The predicted octanol–water partition coefficient (Wildman–Crippen LogP) is 2.76. The molecule has 0 radical (unpaired) electrons. The van der Waals surface area contributed by atoms with Crippen LogP contribution in [0.15, 0.2) is 0 Å². The van der Waals surface area contributed by atoms with E-state index in [-0.39, 0.29) is 5.97 Å². The van der Waals surface area contributed by atoms with Crippen molar-refractivity contribution >= 4 is 5.97 Å². The van der Waals surface area contributed by atoms with Crippen molar-refractivity contribution < 1.29 is 14.3 Å². The van der Waals surface area contributed by atoms with E-state index in [9.17, 15) is 4.79 Å². The first-order valence-corrected chi connectivity index (χ1v) is 7.40. The minimum atomic E-state index is -0.600. The Morgan fingerprint density at radius 3 is 2.42 bits per heavy atom.